The third-order valence-electron chi connectivity index (χ3n) is 12.9. The predicted octanol–water partition coefficient (Wildman–Crippen LogP) is 13.8. The van der Waals surface area contributed by atoms with Crippen molar-refractivity contribution in [3.63, 3.8) is 0 Å². The van der Waals surface area contributed by atoms with Crippen molar-refractivity contribution in [3.05, 3.63) is 221 Å². The van der Waals surface area contributed by atoms with Gasteiger partial charge >= 0.3 is 0 Å². The van der Waals surface area contributed by atoms with Crippen molar-refractivity contribution in [2.24, 2.45) is 0 Å². The van der Waals surface area contributed by atoms with E-state index in [1.165, 1.54) is 69.6 Å². The fourth-order valence-corrected chi connectivity index (χ4v) is 12.9. The minimum absolute atomic E-state index is 0.115. The fraction of sp³-hybridized carbons (Fsp3) is 0.111. The number of ether oxygens (including phenoxy) is 2. The van der Waals surface area contributed by atoms with E-state index in [4.69, 9.17) is 9.47 Å². The van der Waals surface area contributed by atoms with Gasteiger partial charge in [-0.1, -0.05) is 134 Å². The van der Waals surface area contributed by atoms with Gasteiger partial charge in [0.15, 0.2) is 11.9 Å². The average molecular weight is 796 g/mol. The molecular weight excluding hydrogens is 759 g/mol. The van der Waals surface area contributed by atoms with Crippen molar-refractivity contribution in [3.8, 4) is 16.9 Å². The zero-order valence-corrected chi connectivity index (χ0v) is 33.6. The van der Waals surface area contributed by atoms with Crippen LogP contribution >= 0.6 is 23.1 Å². The van der Waals surface area contributed by atoms with Crippen LogP contribution < -0.4 is 9.64 Å². The molecule has 282 valence electrons. The van der Waals surface area contributed by atoms with Crippen LogP contribution in [0.1, 0.15) is 40.5 Å². The summed E-state index contributed by atoms with van der Waals surface area (Å²) in [6.07, 6.45) is 16.6. The van der Waals surface area contributed by atoms with E-state index in [1.54, 1.807) is 0 Å². The van der Waals surface area contributed by atoms with Crippen LogP contribution in [0.15, 0.2) is 204 Å². The number of anilines is 1. The normalized spacial score (nSPS) is 23.3. The lowest BCUT2D eigenvalue weighted by Gasteiger charge is -2.43. The first kappa shape index (κ1) is 33.7. The Morgan fingerprint density at radius 1 is 0.644 bits per heavy atom. The molecule has 3 nitrogen and oxygen atoms in total. The summed E-state index contributed by atoms with van der Waals surface area (Å²) in [5.74, 6) is 2.20. The first-order chi connectivity index (χ1) is 29.2. The summed E-state index contributed by atoms with van der Waals surface area (Å²) < 4.78 is 16.6. The van der Waals surface area contributed by atoms with E-state index in [0.29, 0.717) is 5.25 Å². The third kappa shape index (κ3) is 5.21. The summed E-state index contributed by atoms with van der Waals surface area (Å²) in [6.45, 7) is 0. The molecule has 0 saturated heterocycles. The highest BCUT2D eigenvalue weighted by Gasteiger charge is 2.46. The van der Waals surface area contributed by atoms with Crippen molar-refractivity contribution >= 4 is 60.1 Å². The van der Waals surface area contributed by atoms with E-state index in [0.717, 1.165) is 35.0 Å². The maximum Gasteiger partial charge on any atom is 0.168 e. The second-order valence-corrected chi connectivity index (χ2v) is 18.4. The predicted molar refractivity (Wildman–Crippen MR) is 245 cm³/mol. The number of allylic oxidation sites excluding steroid dienone is 6. The van der Waals surface area contributed by atoms with Gasteiger partial charge in [0.2, 0.25) is 0 Å². The van der Waals surface area contributed by atoms with Crippen LogP contribution in [-0.4, -0.2) is 17.5 Å². The second-order valence-electron chi connectivity index (χ2n) is 16.2. The molecule has 0 saturated carbocycles. The van der Waals surface area contributed by atoms with Gasteiger partial charge in [-0.15, -0.1) is 23.1 Å². The number of rotatable bonds is 4. The number of thioether (sulfide) groups is 1. The summed E-state index contributed by atoms with van der Waals surface area (Å²) in [6, 6.07) is 51.1. The molecule has 3 aliphatic carbocycles. The molecule has 1 aromatic heterocycles. The van der Waals surface area contributed by atoms with E-state index < -0.39 is 0 Å². The topological polar surface area (TPSA) is 21.7 Å². The Morgan fingerprint density at radius 2 is 1.46 bits per heavy atom. The standard InChI is InChI=1S/C54H37NO2S2/c1-2-12-36(13-3-1)55-45-26-24-32(31-48(45)57-52-46(55)27-25-42-39-14-4-7-21-47(39)56-51(42)52)33-28-34(37-17-10-19-43-40-15-5-8-22-49(40)58-53(37)43)30-35(29-33)38-18-11-20-44-41-16-6-9-23-50(41)59-54(38)44/h1-30,37,42,48,51,53H,31H2. The summed E-state index contributed by atoms with van der Waals surface area (Å²) in [5, 5.41) is 2.96. The number of para-hydroxylation sites is 2. The molecule has 3 aliphatic heterocycles. The quantitative estimate of drug-likeness (QED) is 0.177. The molecule has 5 unspecified atom stereocenters. The highest BCUT2D eigenvalue weighted by Crippen LogP contribution is 2.54. The minimum Gasteiger partial charge on any atom is -0.482 e. The molecule has 0 N–H and O–H groups in total. The molecule has 0 bridgehead atoms. The van der Waals surface area contributed by atoms with Gasteiger partial charge in [-0.2, -0.15) is 0 Å². The number of fused-ring (bicyclic) bond motifs is 11. The van der Waals surface area contributed by atoms with Crippen LogP contribution in [0.25, 0.3) is 42.4 Å². The van der Waals surface area contributed by atoms with Crippen LogP contribution in [0.4, 0.5) is 5.69 Å². The average Bonchev–Trinajstić information content (AvgIpc) is 4.00. The third-order valence-corrected chi connectivity index (χ3v) is 15.5. The SMILES string of the molecule is C1=CC(c2cc(C3=CC=C4C(C3)OC3=C(C=CC5c6ccccc6OC35)N4c3ccccc3)cc(-c3cccc4c3sc3ccccc34)c2)C2Sc3ccccc3C2=C1. The van der Waals surface area contributed by atoms with Crippen molar-refractivity contribution in [2.45, 2.75) is 40.6 Å². The van der Waals surface area contributed by atoms with Crippen LogP contribution in [0.2, 0.25) is 0 Å². The first-order valence-corrected chi connectivity index (χ1v) is 22.2. The maximum absolute atomic E-state index is 7.22. The molecule has 59 heavy (non-hydrogen) atoms. The molecule has 5 heteroatoms. The Morgan fingerprint density at radius 3 is 2.42 bits per heavy atom. The van der Waals surface area contributed by atoms with Gasteiger partial charge in [-0.3, -0.25) is 0 Å². The molecule has 5 atom stereocenters. The molecule has 0 fully saturated rings. The van der Waals surface area contributed by atoms with E-state index in [2.05, 4.69) is 187 Å². The van der Waals surface area contributed by atoms with Crippen LogP contribution in [-0.2, 0) is 4.74 Å². The number of nitrogens with zero attached hydrogens (tertiary/aromatic N) is 1. The molecule has 6 aromatic carbocycles. The Bertz CT molecular complexity index is 3110. The number of hydrogen-bond donors (Lipinski definition) is 0. The van der Waals surface area contributed by atoms with Gasteiger partial charge < -0.3 is 14.4 Å². The Kier molecular flexibility index (Phi) is 7.49. The molecule has 13 rings (SSSR count). The molecular formula is C54H37NO2S2. The lowest BCUT2D eigenvalue weighted by atomic mass is 9.81. The van der Waals surface area contributed by atoms with Crippen molar-refractivity contribution < 1.29 is 9.47 Å². The Balaban J connectivity index is 0.946. The van der Waals surface area contributed by atoms with Gasteiger partial charge in [0.25, 0.3) is 0 Å². The molecule has 0 radical (unpaired) electrons. The molecule has 7 aromatic rings. The Labute approximate surface area is 351 Å². The highest BCUT2D eigenvalue weighted by atomic mass is 32.2. The summed E-state index contributed by atoms with van der Waals surface area (Å²) in [4.78, 5) is 3.77. The number of hydrogen-bond acceptors (Lipinski definition) is 5. The smallest absolute Gasteiger partial charge is 0.168 e. The van der Waals surface area contributed by atoms with E-state index in [1.807, 2.05) is 23.1 Å². The van der Waals surface area contributed by atoms with E-state index in [-0.39, 0.29) is 24.0 Å². The van der Waals surface area contributed by atoms with Crippen LogP contribution in [0.3, 0.4) is 0 Å². The first-order valence-electron chi connectivity index (χ1n) is 20.5. The summed E-state index contributed by atoms with van der Waals surface area (Å²) in [7, 11) is 0. The van der Waals surface area contributed by atoms with Crippen LogP contribution in [0, 0.1) is 0 Å². The lowest BCUT2D eigenvalue weighted by molar-refractivity contribution is 0.0728. The molecule has 4 heterocycles. The van der Waals surface area contributed by atoms with Crippen molar-refractivity contribution in [2.75, 3.05) is 4.90 Å². The fourth-order valence-electron chi connectivity index (χ4n) is 10.2. The number of benzene rings is 6. The second kappa shape index (κ2) is 13.1. The summed E-state index contributed by atoms with van der Waals surface area (Å²) >= 11 is 3.91. The van der Waals surface area contributed by atoms with Gasteiger partial charge in [-0.25, -0.2) is 0 Å². The maximum atomic E-state index is 7.22. The minimum atomic E-state index is -0.209. The van der Waals surface area contributed by atoms with Gasteiger partial charge in [0.1, 0.15) is 11.9 Å². The zero-order chi connectivity index (χ0) is 38.6. The lowest BCUT2D eigenvalue weighted by Crippen LogP contribution is -2.42. The molecule has 0 amide bonds. The summed E-state index contributed by atoms with van der Waals surface area (Å²) in [5.41, 5.74) is 13.8. The van der Waals surface area contributed by atoms with E-state index >= 15 is 0 Å². The number of thiophene rings is 1. The van der Waals surface area contributed by atoms with Crippen molar-refractivity contribution in [1.82, 2.24) is 0 Å². The van der Waals surface area contributed by atoms with Gasteiger partial charge in [0.05, 0.1) is 17.3 Å². The largest absolute Gasteiger partial charge is 0.482 e. The Hall–Kier alpha value is -6.27. The molecule has 6 aliphatic rings. The van der Waals surface area contributed by atoms with Crippen LogP contribution in [0.5, 0.6) is 5.75 Å². The monoisotopic (exact) mass is 795 g/mol. The van der Waals surface area contributed by atoms with Gasteiger partial charge in [-0.05, 0) is 87.5 Å². The zero-order valence-electron chi connectivity index (χ0n) is 32.0. The van der Waals surface area contributed by atoms with Gasteiger partial charge in [0, 0.05) is 53.9 Å². The van der Waals surface area contributed by atoms with E-state index in [9.17, 15) is 0 Å². The van der Waals surface area contributed by atoms with Crippen molar-refractivity contribution in [1.29, 1.82) is 0 Å². The highest BCUT2D eigenvalue weighted by molar-refractivity contribution is 8.01. The molecule has 0 spiro atoms.